The molecule has 0 radical (unpaired) electrons. The van der Waals surface area contributed by atoms with Gasteiger partial charge in [-0.05, 0) is 55.6 Å². The van der Waals surface area contributed by atoms with Crippen LogP contribution in [0.5, 0.6) is 5.88 Å². The van der Waals surface area contributed by atoms with Gasteiger partial charge in [0.25, 0.3) is 5.91 Å². The largest absolute Gasteiger partial charge is 0.480 e. The first-order chi connectivity index (χ1) is 18.8. The topological polar surface area (TPSA) is 123 Å². The highest BCUT2D eigenvalue weighted by atomic mass is 19.3. The quantitative estimate of drug-likeness (QED) is 0.394. The molecule has 208 valence electrons. The molecule has 0 unspecified atom stereocenters. The van der Waals surface area contributed by atoms with E-state index in [4.69, 9.17) is 9.72 Å². The van der Waals surface area contributed by atoms with Gasteiger partial charge in [-0.3, -0.25) is 14.6 Å². The second kappa shape index (κ2) is 11.2. The number of hydrogen-bond acceptors (Lipinski definition) is 7. The third-order valence-electron chi connectivity index (χ3n) is 7.50. The molecule has 0 spiro atoms. The van der Waals surface area contributed by atoms with E-state index in [1.807, 2.05) is 13.0 Å². The van der Waals surface area contributed by atoms with Gasteiger partial charge < -0.3 is 15.4 Å². The second-order valence-corrected chi connectivity index (χ2v) is 10.5. The average molecular weight is 542 g/mol. The molecule has 2 aliphatic carbocycles. The summed E-state index contributed by atoms with van der Waals surface area (Å²) in [4.78, 5) is 38.4. The van der Waals surface area contributed by atoms with Crippen molar-refractivity contribution in [3.8, 4) is 5.88 Å². The number of carbonyl (C=O) groups excluding carboxylic acids is 2. The first-order valence-corrected chi connectivity index (χ1v) is 13.5. The van der Waals surface area contributed by atoms with Gasteiger partial charge >= 0.3 is 0 Å². The van der Waals surface area contributed by atoms with Gasteiger partial charge in [0.2, 0.25) is 17.7 Å². The fourth-order valence-electron chi connectivity index (χ4n) is 5.21. The monoisotopic (exact) mass is 541 g/mol. The molecule has 2 fully saturated rings. The van der Waals surface area contributed by atoms with Crippen LogP contribution in [0.3, 0.4) is 0 Å². The van der Waals surface area contributed by atoms with Crippen LogP contribution in [-0.4, -0.2) is 49.4 Å². The summed E-state index contributed by atoms with van der Waals surface area (Å²) in [6, 6.07) is 1.13. The van der Waals surface area contributed by atoms with E-state index in [1.165, 1.54) is 19.5 Å². The van der Waals surface area contributed by atoms with Crippen molar-refractivity contribution in [2.45, 2.75) is 76.3 Å². The van der Waals surface area contributed by atoms with E-state index in [1.54, 1.807) is 16.9 Å². The number of aromatic nitrogens is 5. The van der Waals surface area contributed by atoms with E-state index in [0.717, 1.165) is 24.8 Å². The number of carbonyl (C=O) groups is 2. The van der Waals surface area contributed by atoms with Crippen molar-refractivity contribution >= 4 is 17.5 Å². The first-order valence-electron chi connectivity index (χ1n) is 13.5. The molecule has 2 saturated carbocycles. The minimum atomic E-state index is -2.71. The van der Waals surface area contributed by atoms with Crippen LogP contribution in [0.15, 0.2) is 30.9 Å². The average Bonchev–Trinajstić information content (AvgIpc) is 3.68. The number of halogens is 2. The van der Waals surface area contributed by atoms with Crippen molar-refractivity contribution in [2.75, 3.05) is 7.11 Å². The van der Waals surface area contributed by atoms with Gasteiger partial charge in [-0.25, -0.2) is 23.3 Å². The van der Waals surface area contributed by atoms with Crippen molar-refractivity contribution in [2.24, 2.45) is 11.8 Å². The third kappa shape index (κ3) is 6.31. The first kappa shape index (κ1) is 26.9. The molecule has 3 aromatic rings. The number of hydrogen-bond donors (Lipinski definition) is 2. The number of nitrogens with one attached hydrogen (secondary N) is 2. The van der Waals surface area contributed by atoms with E-state index in [9.17, 15) is 18.4 Å². The maximum atomic E-state index is 14.0. The number of ether oxygens (including phenoxy) is 1. The molecule has 0 aliphatic heterocycles. The maximum absolute atomic E-state index is 14.0. The Labute approximate surface area is 225 Å². The Balaban J connectivity index is 1.43. The van der Waals surface area contributed by atoms with Gasteiger partial charge in [-0.1, -0.05) is 6.92 Å². The van der Waals surface area contributed by atoms with Gasteiger partial charge in [-0.15, -0.1) is 0 Å². The van der Waals surface area contributed by atoms with Gasteiger partial charge in [-0.2, -0.15) is 5.10 Å². The number of alkyl halides is 2. The van der Waals surface area contributed by atoms with Gasteiger partial charge in [0, 0.05) is 19.3 Å². The van der Waals surface area contributed by atoms with Gasteiger partial charge in [0.05, 0.1) is 49.7 Å². The van der Waals surface area contributed by atoms with E-state index in [2.05, 4.69) is 25.7 Å². The fraction of sp³-hybridized carbons (Fsp3) is 0.556. The molecular formula is C27H33F2N7O3. The third-order valence-corrected chi connectivity index (χ3v) is 7.50. The predicted molar refractivity (Wildman–Crippen MR) is 137 cm³/mol. The molecule has 2 N–H and O–H groups in total. The molecule has 5 rings (SSSR count). The summed E-state index contributed by atoms with van der Waals surface area (Å²) in [6.07, 6.45) is 9.45. The normalized spacial score (nSPS) is 18.9. The minimum Gasteiger partial charge on any atom is -0.480 e. The van der Waals surface area contributed by atoms with Crippen LogP contribution in [0, 0.1) is 11.8 Å². The summed E-state index contributed by atoms with van der Waals surface area (Å²) in [5, 5.41) is 10.6. The number of rotatable bonds is 10. The highest BCUT2D eigenvalue weighted by molar-refractivity contribution is 5.92. The van der Waals surface area contributed by atoms with E-state index in [-0.39, 0.29) is 55.1 Å². The van der Waals surface area contributed by atoms with Crippen molar-refractivity contribution in [1.82, 2.24) is 35.2 Å². The Kier molecular flexibility index (Phi) is 7.72. The van der Waals surface area contributed by atoms with Crippen LogP contribution < -0.4 is 15.4 Å². The lowest BCUT2D eigenvalue weighted by Gasteiger charge is -2.33. The molecule has 2 aliphatic rings. The minimum absolute atomic E-state index is 0.0100. The Bertz CT molecular complexity index is 1330. The van der Waals surface area contributed by atoms with Crippen LogP contribution in [0.4, 0.5) is 8.78 Å². The highest BCUT2D eigenvalue weighted by Crippen LogP contribution is 2.42. The second-order valence-electron chi connectivity index (χ2n) is 10.5. The molecular weight excluding hydrogens is 508 g/mol. The van der Waals surface area contributed by atoms with Gasteiger partial charge in [0.15, 0.2) is 5.65 Å². The van der Waals surface area contributed by atoms with E-state index in [0.29, 0.717) is 23.7 Å². The Morgan fingerprint density at radius 3 is 2.51 bits per heavy atom. The smallest absolute Gasteiger partial charge is 0.272 e. The zero-order valence-electron chi connectivity index (χ0n) is 22.1. The molecule has 12 heteroatoms. The summed E-state index contributed by atoms with van der Waals surface area (Å²) >= 11 is 0. The standard InChI is InChI=1S/C27H33F2N7O3/c1-3-4-22(37)34-24(16-5-6-16)18-11-21-32-20(15-36(21)31-12-18)25(17-7-9-27(28,29)10-8-17)35-26(38)19-13-30-14-23(33-19)39-2/h11-17,24-25H,3-10H2,1-2H3,(H,34,37)(H,35,38)/t24-,25+/m1/s1. The molecule has 3 aromatic heterocycles. The summed E-state index contributed by atoms with van der Waals surface area (Å²) in [5.74, 6) is -2.89. The predicted octanol–water partition coefficient (Wildman–Crippen LogP) is 4.19. The van der Waals surface area contributed by atoms with E-state index < -0.39 is 17.9 Å². The van der Waals surface area contributed by atoms with Crippen molar-refractivity contribution in [1.29, 1.82) is 0 Å². The zero-order chi connectivity index (χ0) is 27.6. The fourth-order valence-corrected chi connectivity index (χ4v) is 5.21. The SMILES string of the molecule is CCCC(=O)N[C@@H](c1cnn2cc([C@@H](NC(=O)c3cncc(OC)n3)C3CCC(F)(F)CC3)nc2c1)C1CC1. The van der Waals surface area contributed by atoms with Crippen LogP contribution in [0.2, 0.25) is 0 Å². The highest BCUT2D eigenvalue weighted by Gasteiger charge is 2.40. The van der Waals surface area contributed by atoms with Crippen LogP contribution in [0.25, 0.3) is 5.65 Å². The summed E-state index contributed by atoms with van der Waals surface area (Å²) in [6.45, 7) is 1.97. The molecule has 0 bridgehead atoms. The van der Waals surface area contributed by atoms with E-state index >= 15 is 0 Å². The van der Waals surface area contributed by atoms with Crippen molar-refractivity contribution in [3.63, 3.8) is 0 Å². The Morgan fingerprint density at radius 2 is 1.82 bits per heavy atom. The van der Waals surface area contributed by atoms with Crippen LogP contribution in [-0.2, 0) is 4.79 Å². The summed E-state index contributed by atoms with van der Waals surface area (Å²) in [5.41, 5.74) is 2.01. The number of fused-ring (bicyclic) bond motifs is 1. The number of amides is 2. The molecule has 3 heterocycles. The molecule has 2 amide bonds. The summed E-state index contributed by atoms with van der Waals surface area (Å²) < 4.78 is 34.6. The molecule has 39 heavy (non-hydrogen) atoms. The van der Waals surface area contributed by atoms with Crippen molar-refractivity contribution < 1.29 is 23.1 Å². The number of nitrogens with zero attached hydrogens (tertiary/aromatic N) is 5. The lowest BCUT2D eigenvalue weighted by Crippen LogP contribution is -2.37. The van der Waals surface area contributed by atoms with Crippen LogP contribution >= 0.6 is 0 Å². The number of imidazole rings is 1. The zero-order valence-corrected chi connectivity index (χ0v) is 22.1. The summed E-state index contributed by atoms with van der Waals surface area (Å²) in [7, 11) is 1.43. The lowest BCUT2D eigenvalue weighted by molar-refractivity contribution is -0.122. The molecule has 0 aromatic carbocycles. The van der Waals surface area contributed by atoms with Crippen molar-refractivity contribution in [3.05, 3.63) is 47.8 Å². The Hall–Kier alpha value is -3.70. The maximum Gasteiger partial charge on any atom is 0.272 e. The lowest BCUT2D eigenvalue weighted by atomic mass is 9.81. The van der Waals surface area contributed by atoms with Crippen LogP contribution in [0.1, 0.15) is 92.1 Å². The molecule has 10 nitrogen and oxygen atoms in total. The Morgan fingerprint density at radius 1 is 1.08 bits per heavy atom. The molecule has 0 saturated heterocycles. The number of methoxy groups -OCH3 is 1. The molecule has 2 atom stereocenters. The van der Waals surface area contributed by atoms with Gasteiger partial charge in [0.1, 0.15) is 5.69 Å².